The van der Waals surface area contributed by atoms with Crippen molar-refractivity contribution in [3.8, 4) is 0 Å². The largest absolute Gasteiger partial charge is 0.461 e. The van der Waals surface area contributed by atoms with Gasteiger partial charge in [0.2, 0.25) is 5.91 Å². The summed E-state index contributed by atoms with van der Waals surface area (Å²) < 4.78 is 4.96. The Morgan fingerprint density at radius 3 is 2.67 bits per heavy atom. The number of unbranched alkanes of at least 4 members (excludes halogenated alkanes) is 4. The first-order chi connectivity index (χ1) is 11.7. The Hall–Kier alpha value is -1.43. The fourth-order valence-electron chi connectivity index (χ4n) is 2.66. The van der Waals surface area contributed by atoms with Crippen molar-refractivity contribution in [1.82, 2.24) is 9.88 Å². The van der Waals surface area contributed by atoms with Gasteiger partial charge in [-0.05, 0) is 26.2 Å². The summed E-state index contributed by atoms with van der Waals surface area (Å²) in [7, 11) is 0. The molecule has 0 aromatic carbocycles. The third-order valence-corrected chi connectivity index (χ3v) is 4.98. The van der Waals surface area contributed by atoms with E-state index in [-0.39, 0.29) is 11.9 Å². The molecule has 5 nitrogen and oxygen atoms in total. The van der Waals surface area contributed by atoms with Gasteiger partial charge in [-0.1, -0.05) is 32.6 Å². The van der Waals surface area contributed by atoms with E-state index in [9.17, 15) is 9.59 Å². The van der Waals surface area contributed by atoms with Gasteiger partial charge in [0.15, 0.2) is 5.69 Å². The van der Waals surface area contributed by atoms with E-state index in [0.717, 1.165) is 30.7 Å². The van der Waals surface area contributed by atoms with Gasteiger partial charge in [0.1, 0.15) is 5.01 Å². The highest BCUT2D eigenvalue weighted by atomic mass is 32.1. The zero-order valence-corrected chi connectivity index (χ0v) is 15.6. The van der Waals surface area contributed by atoms with Crippen molar-refractivity contribution in [3.63, 3.8) is 0 Å². The highest BCUT2D eigenvalue weighted by Crippen LogP contribution is 2.30. The molecule has 1 saturated carbocycles. The number of hydrogen-bond acceptors (Lipinski definition) is 5. The summed E-state index contributed by atoms with van der Waals surface area (Å²) >= 11 is 1.42. The van der Waals surface area contributed by atoms with Crippen LogP contribution in [0.5, 0.6) is 0 Å². The van der Waals surface area contributed by atoms with Crippen LogP contribution in [0.15, 0.2) is 5.38 Å². The molecule has 1 fully saturated rings. The van der Waals surface area contributed by atoms with Crippen molar-refractivity contribution in [2.45, 2.75) is 77.8 Å². The van der Waals surface area contributed by atoms with E-state index in [1.807, 2.05) is 4.90 Å². The maximum Gasteiger partial charge on any atom is 0.357 e. The first-order valence-corrected chi connectivity index (χ1v) is 9.94. The Balaban J connectivity index is 1.85. The summed E-state index contributed by atoms with van der Waals surface area (Å²) in [5, 5.41) is 2.53. The molecule has 0 N–H and O–H groups in total. The minimum Gasteiger partial charge on any atom is -0.461 e. The molecule has 0 saturated heterocycles. The molecular formula is C18H28N2O3S. The van der Waals surface area contributed by atoms with Gasteiger partial charge in [-0.2, -0.15) is 0 Å². The van der Waals surface area contributed by atoms with Crippen molar-refractivity contribution in [2.75, 3.05) is 6.61 Å². The SMILES string of the molecule is CCCCCCCC(=O)N(Cc1nc(C(=O)OCC)cs1)C1CC1. The van der Waals surface area contributed by atoms with Gasteiger partial charge in [-0.25, -0.2) is 9.78 Å². The standard InChI is InChI=1S/C18H28N2O3S/c1-3-5-6-7-8-9-17(21)20(14-10-11-14)12-16-19-15(13-24-16)18(22)23-4-2/h13-14H,3-12H2,1-2H3. The van der Waals surface area contributed by atoms with Crippen LogP contribution in [-0.2, 0) is 16.1 Å². The first-order valence-electron chi connectivity index (χ1n) is 9.06. The quantitative estimate of drug-likeness (QED) is 0.443. The fourth-order valence-corrected chi connectivity index (χ4v) is 3.42. The lowest BCUT2D eigenvalue weighted by Crippen LogP contribution is -2.32. The molecule has 0 spiro atoms. The lowest BCUT2D eigenvalue weighted by atomic mass is 10.1. The van der Waals surface area contributed by atoms with Gasteiger partial charge < -0.3 is 9.64 Å². The Morgan fingerprint density at radius 2 is 2.00 bits per heavy atom. The minimum atomic E-state index is -0.389. The highest BCUT2D eigenvalue weighted by Gasteiger charge is 2.32. The molecule has 1 aliphatic rings. The van der Waals surface area contributed by atoms with Crippen molar-refractivity contribution < 1.29 is 14.3 Å². The minimum absolute atomic E-state index is 0.224. The topological polar surface area (TPSA) is 59.5 Å². The maximum absolute atomic E-state index is 12.5. The van der Waals surface area contributed by atoms with E-state index in [0.29, 0.717) is 31.3 Å². The smallest absolute Gasteiger partial charge is 0.357 e. The average Bonchev–Trinajstić information content (AvgIpc) is 3.30. The fraction of sp³-hybridized carbons (Fsp3) is 0.722. The summed E-state index contributed by atoms with van der Waals surface area (Å²) in [6, 6.07) is 0.364. The van der Waals surface area contributed by atoms with Crippen molar-refractivity contribution in [1.29, 1.82) is 0 Å². The molecule has 1 aromatic rings. The Bertz CT molecular complexity index is 540. The number of ether oxygens (including phenoxy) is 1. The average molecular weight is 353 g/mol. The Morgan fingerprint density at radius 1 is 1.25 bits per heavy atom. The predicted molar refractivity (Wildman–Crippen MR) is 95.0 cm³/mol. The number of hydrogen-bond donors (Lipinski definition) is 0. The molecule has 2 rings (SSSR count). The molecule has 1 aromatic heterocycles. The molecule has 134 valence electrons. The molecule has 1 aliphatic carbocycles. The van der Waals surface area contributed by atoms with Gasteiger partial charge in [0, 0.05) is 17.8 Å². The number of esters is 1. The summed E-state index contributed by atoms with van der Waals surface area (Å²) in [6.45, 7) is 4.83. The highest BCUT2D eigenvalue weighted by molar-refractivity contribution is 7.09. The van der Waals surface area contributed by atoms with Crippen molar-refractivity contribution in [2.24, 2.45) is 0 Å². The monoisotopic (exact) mass is 352 g/mol. The van der Waals surface area contributed by atoms with Crippen molar-refractivity contribution >= 4 is 23.2 Å². The lowest BCUT2D eigenvalue weighted by molar-refractivity contribution is -0.132. The van der Waals surface area contributed by atoms with Crippen LogP contribution in [0, 0.1) is 0 Å². The number of amides is 1. The van der Waals surface area contributed by atoms with Crippen molar-refractivity contribution in [3.05, 3.63) is 16.1 Å². The molecule has 0 bridgehead atoms. The van der Waals surface area contributed by atoms with Crippen LogP contribution in [0.3, 0.4) is 0 Å². The summed E-state index contributed by atoms with van der Waals surface area (Å²) in [6.07, 6.45) is 8.55. The van der Waals surface area contributed by atoms with E-state index in [4.69, 9.17) is 4.74 Å². The van der Waals surface area contributed by atoms with E-state index in [1.165, 1.54) is 30.6 Å². The zero-order valence-electron chi connectivity index (χ0n) is 14.8. The van der Waals surface area contributed by atoms with Crippen LogP contribution in [0.2, 0.25) is 0 Å². The zero-order chi connectivity index (χ0) is 17.4. The number of thiazole rings is 1. The number of aromatic nitrogens is 1. The van der Waals surface area contributed by atoms with Crippen LogP contribution in [0.4, 0.5) is 0 Å². The van der Waals surface area contributed by atoms with Crippen LogP contribution < -0.4 is 0 Å². The third-order valence-electron chi connectivity index (χ3n) is 4.14. The van der Waals surface area contributed by atoms with Gasteiger partial charge in [0.25, 0.3) is 0 Å². The van der Waals surface area contributed by atoms with Crippen LogP contribution in [0.1, 0.15) is 80.7 Å². The van der Waals surface area contributed by atoms with Crippen LogP contribution >= 0.6 is 11.3 Å². The Labute approximate surface area is 148 Å². The van der Waals surface area contributed by atoms with Crippen LogP contribution in [-0.4, -0.2) is 34.4 Å². The molecule has 0 aliphatic heterocycles. The second kappa shape index (κ2) is 9.77. The third kappa shape index (κ3) is 5.89. The van der Waals surface area contributed by atoms with Gasteiger partial charge >= 0.3 is 5.97 Å². The lowest BCUT2D eigenvalue weighted by Gasteiger charge is -2.21. The first kappa shape index (κ1) is 18.9. The molecule has 1 heterocycles. The molecule has 1 amide bonds. The van der Waals surface area contributed by atoms with Gasteiger partial charge in [-0.3, -0.25) is 4.79 Å². The second-order valence-corrected chi connectivity index (χ2v) is 7.21. The maximum atomic E-state index is 12.5. The molecule has 6 heteroatoms. The van der Waals surface area contributed by atoms with E-state index in [2.05, 4.69) is 11.9 Å². The van der Waals surface area contributed by atoms with E-state index < -0.39 is 0 Å². The summed E-state index contributed by atoms with van der Waals surface area (Å²) in [5.41, 5.74) is 0.347. The summed E-state index contributed by atoms with van der Waals surface area (Å²) in [5.74, 6) is -0.165. The van der Waals surface area contributed by atoms with E-state index in [1.54, 1.807) is 12.3 Å². The van der Waals surface area contributed by atoms with Crippen LogP contribution in [0.25, 0.3) is 0 Å². The number of carbonyl (C=O) groups is 2. The number of carbonyl (C=O) groups excluding carboxylic acids is 2. The summed E-state index contributed by atoms with van der Waals surface area (Å²) in [4.78, 5) is 30.5. The Kier molecular flexibility index (Phi) is 7.69. The number of rotatable bonds is 11. The van der Waals surface area contributed by atoms with Gasteiger partial charge in [-0.15, -0.1) is 11.3 Å². The molecule has 0 radical (unpaired) electrons. The normalized spacial score (nSPS) is 13.8. The second-order valence-electron chi connectivity index (χ2n) is 6.26. The molecular weight excluding hydrogens is 324 g/mol. The molecule has 24 heavy (non-hydrogen) atoms. The predicted octanol–water partition coefficient (Wildman–Crippen LogP) is 4.17. The number of nitrogens with zero attached hydrogens (tertiary/aromatic N) is 2. The van der Waals surface area contributed by atoms with E-state index >= 15 is 0 Å². The molecule has 0 unspecified atom stereocenters. The molecule has 0 atom stereocenters. The van der Waals surface area contributed by atoms with Gasteiger partial charge in [0.05, 0.1) is 13.2 Å².